The number of rotatable bonds is 10. The van der Waals surface area contributed by atoms with Crippen LogP contribution in [0.25, 0.3) is 5.57 Å². The highest BCUT2D eigenvalue weighted by Crippen LogP contribution is 2.40. The summed E-state index contributed by atoms with van der Waals surface area (Å²) >= 11 is 6.40. The number of ether oxygens (including phenoxy) is 1. The fourth-order valence-corrected chi connectivity index (χ4v) is 3.78. The lowest BCUT2D eigenvalue weighted by Crippen LogP contribution is -2.48. The number of pyridine rings is 1. The van der Waals surface area contributed by atoms with Gasteiger partial charge in [-0.3, -0.25) is 4.98 Å². The van der Waals surface area contributed by atoms with Crippen LogP contribution >= 0.6 is 11.6 Å². The lowest BCUT2D eigenvalue weighted by molar-refractivity contribution is 0.0892. The number of hydrogen-bond acceptors (Lipinski definition) is 4. The summed E-state index contributed by atoms with van der Waals surface area (Å²) in [6, 6.07) is 11.6. The number of benzene rings is 1. The standard InChI is InChI=1S/C27H33ClN4O2/c1-6-27(14-16-29-19-32(4)5,31-25(33)34-26(3)12-13-26)20(2)24-18-22(28)11-10-21(24)17-23-9-7-8-15-30-23/h7-11,14-16,18-19H,2,6,12-13,17H2,1,3-5H3,(H,31,33)/b16-14+,29-19?/t27-/m1/s1. The predicted octanol–water partition coefficient (Wildman–Crippen LogP) is 5.87. The van der Waals surface area contributed by atoms with Crippen molar-refractivity contribution in [2.45, 2.75) is 50.7 Å². The molecule has 180 valence electrons. The molecule has 1 saturated carbocycles. The summed E-state index contributed by atoms with van der Waals surface area (Å²) in [6.45, 7) is 8.36. The van der Waals surface area contributed by atoms with E-state index in [2.05, 4.69) is 21.9 Å². The monoisotopic (exact) mass is 480 g/mol. The number of carbonyl (C=O) groups excluding carboxylic acids is 1. The van der Waals surface area contributed by atoms with Crippen LogP contribution in [0.5, 0.6) is 0 Å². The number of halogens is 1. The van der Waals surface area contributed by atoms with Gasteiger partial charge in [-0.1, -0.05) is 37.2 Å². The first-order chi connectivity index (χ1) is 16.2. The SMILES string of the molecule is C=C(c1cc(Cl)ccc1Cc1ccccn1)[C@](/C=C/N=CN(C)C)(CC)NC(=O)OC1(C)CC1. The summed E-state index contributed by atoms with van der Waals surface area (Å²) in [5.74, 6) is 0. The van der Waals surface area contributed by atoms with Crippen LogP contribution < -0.4 is 5.32 Å². The van der Waals surface area contributed by atoms with Crippen LogP contribution in [0.1, 0.15) is 49.9 Å². The van der Waals surface area contributed by atoms with E-state index >= 15 is 0 Å². The predicted molar refractivity (Wildman–Crippen MR) is 139 cm³/mol. The van der Waals surface area contributed by atoms with E-state index in [0.717, 1.165) is 29.7 Å². The molecule has 0 saturated heterocycles. The number of nitrogens with zero attached hydrogens (tertiary/aromatic N) is 3. The molecule has 0 bridgehead atoms. The fraction of sp³-hybridized carbons (Fsp3) is 0.370. The molecule has 1 aliphatic rings. The van der Waals surface area contributed by atoms with E-state index in [9.17, 15) is 4.79 Å². The van der Waals surface area contributed by atoms with Crippen LogP contribution in [0.4, 0.5) is 4.79 Å². The number of alkyl carbamates (subject to hydrolysis) is 1. The molecule has 1 aliphatic carbocycles. The lowest BCUT2D eigenvalue weighted by Gasteiger charge is -2.34. The molecule has 1 aromatic carbocycles. The van der Waals surface area contributed by atoms with E-state index in [0.29, 0.717) is 23.4 Å². The third-order valence-electron chi connectivity index (χ3n) is 5.95. The number of aromatic nitrogens is 1. The summed E-state index contributed by atoms with van der Waals surface area (Å²) in [7, 11) is 3.79. The molecular formula is C27H33ClN4O2. The molecule has 0 aliphatic heterocycles. The zero-order valence-corrected chi connectivity index (χ0v) is 21.1. The summed E-state index contributed by atoms with van der Waals surface area (Å²) in [4.78, 5) is 23.5. The molecule has 7 heteroatoms. The van der Waals surface area contributed by atoms with E-state index in [1.54, 1.807) is 18.7 Å². The van der Waals surface area contributed by atoms with E-state index in [1.807, 2.05) is 75.3 Å². The van der Waals surface area contributed by atoms with Crippen molar-refractivity contribution < 1.29 is 9.53 Å². The molecule has 2 aromatic rings. The summed E-state index contributed by atoms with van der Waals surface area (Å²) in [5, 5.41) is 3.67. The van der Waals surface area contributed by atoms with Crippen LogP contribution in [-0.4, -0.2) is 47.6 Å². The van der Waals surface area contributed by atoms with Gasteiger partial charge in [-0.2, -0.15) is 0 Å². The second-order valence-electron chi connectivity index (χ2n) is 9.11. The Balaban J connectivity index is 1.99. The van der Waals surface area contributed by atoms with Crippen LogP contribution in [0.3, 0.4) is 0 Å². The van der Waals surface area contributed by atoms with Crippen molar-refractivity contribution in [1.82, 2.24) is 15.2 Å². The van der Waals surface area contributed by atoms with Crippen LogP contribution in [0.15, 0.2) is 66.4 Å². The van der Waals surface area contributed by atoms with E-state index in [-0.39, 0.29) is 0 Å². The van der Waals surface area contributed by atoms with E-state index in [4.69, 9.17) is 16.3 Å². The molecule has 1 atom stereocenters. The summed E-state index contributed by atoms with van der Waals surface area (Å²) in [5.41, 5.74) is 2.20. The Bertz CT molecular complexity index is 1080. The van der Waals surface area contributed by atoms with Crippen LogP contribution in [-0.2, 0) is 11.2 Å². The zero-order valence-electron chi connectivity index (χ0n) is 20.3. The quantitative estimate of drug-likeness (QED) is 0.341. The van der Waals surface area contributed by atoms with Gasteiger partial charge in [0.15, 0.2) is 0 Å². The molecule has 1 heterocycles. The van der Waals surface area contributed by atoms with Gasteiger partial charge in [0.2, 0.25) is 0 Å². The van der Waals surface area contributed by atoms with Gasteiger partial charge >= 0.3 is 6.09 Å². The maximum absolute atomic E-state index is 12.9. The molecule has 0 spiro atoms. The molecule has 1 N–H and O–H groups in total. The van der Waals surface area contributed by atoms with E-state index < -0.39 is 17.2 Å². The van der Waals surface area contributed by atoms with Crippen molar-refractivity contribution in [3.8, 4) is 0 Å². The lowest BCUT2D eigenvalue weighted by atomic mass is 9.81. The molecule has 0 radical (unpaired) electrons. The van der Waals surface area contributed by atoms with Crippen molar-refractivity contribution in [1.29, 1.82) is 0 Å². The minimum Gasteiger partial charge on any atom is -0.443 e. The molecule has 34 heavy (non-hydrogen) atoms. The minimum absolute atomic E-state index is 0.391. The highest BCUT2D eigenvalue weighted by atomic mass is 35.5. The normalized spacial score (nSPS) is 16.3. The number of nitrogens with one attached hydrogen (secondary N) is 1. The largest absolute Gasteiger partial charge is 0.443 e. The molecule has 1 fully saturated rings. The van der Waals surface area contributed by atoms with Crippen LogP contribution in [0, 0.1) is 0 Å². The van der Waals surface area contributed by atoms with Crippen molar-refractivity contribution in [2.75, 3.05) is 14.1 Å². The minimum atomic E-state index is -0.921. The zero-order chi connectivity index (χ0) is 24.8. The van der Waals surface area contributed by atoms with E-state index in [1.165, 1.54) is 0 Å². The fourth-order valence-electron chi connectivity index (χ4n) is 3.61. The number of carbonyl (C=O) groups is 1. The first kappa shape index (κ1) is 25.5. The average Bonchev–Trinajstić information content (AvgIpc) is 3.53. The molecule has 6 nitrogen and oxygen atoms in total. The number of aliphatic imine (C=N–C) groups is 1. The second kappa shape index (κ2) is 10.9. The van der Waals surface area contributed by atoms with Crippen LogP contribution in [0.2, 0.25) is 5.02 Å². The Labute approximate surface area is 207 Å². The maximum atomic E-state index is 12.9. The van der Waals surface area contributed by atoms with Gasteiger partial charge in [-0.05, 0) is 73.2 Å². The molecule has 3 rings (SSSR count). The Hall–Kier alpha value is -3.12. The second-order valence-corrected chi connectivity index (χ2v) is 9.55. The molecule has 1 aromatic heterocycles. The molecular weight excluding hydrogens is 448 g/mol. The van der Waals surface area contributed by atoms with Crippen molar-refractivity contribution in [2.24, 2.45) is 4.99 Å². The number of hydrogen-bond donors (Lipinski definition) is 1. The Morgan fingerprint density at radius 2 is 2.12 bits per heavy atom. The Kier molecular flexibility index (Phi) is 8.15. The van der Waals surface area contributed by atoms with Gasteiger partial charge in [0.25, 0.3) is 0 Å². The topological polar surface area (TPSA) is 66.8 Å². The van der Waals surface area contributed by atoms with Gasteiger partial charge in [0, 0.05) is 43.6 Å². The van der Waals surface area contributed by atoms with Gasteiger partial charge in [-0.25, -0.2) is 9.79 Å². The molecule has 1 amide bonds. The first-order valence-electron chi connectivity index (χ1n) is 11.4. The van der Waals surface area contributed by atoms with Gasteiger partial charge < -0.3 is 15.0 Å². The van der Waals surface area contributed by atoms with Crippen molar-refractivity contribution in [3.05, 3.63) is 83.3 Å². The summed E-state index contributed by atoms with van der Waals surface area (Å²) < 4.78 is 5.68. The van der Waals surface area contributed by atoms with Gasteiger partial charge in [-0.15, -0.1) is 0 Å². The summed E-state index contributed by atoms with van der Waals surface area (Å²) in [6.07, 6.45) is 9.41. The third kappa shape index (κ3) is 6.70. The highest BCUT2D eigenvalue weighted by molar-refractivity contribution is 6.30. The third-order valence-corrected chi connectivity index (χ3v) is 6.19. The van der Waals surface area contributed by atoms with Gasteiger partial charge in [0.05, 0.1) is 11.9 Å². The number of amides is 1. The Morgan fingerprint density at radius 3 is 2.74 bits per heavy atom. The average molecular weight is 481 g/mol. The smallest absolute Gasteiger partial charge is 0.408 e. The Morgan fingerprint density at radius 1 is 1.35 bits per heavy atom. The highest BCUT2D eigenvalue weighted by Gasteiger charge is 2.43. The first-order valence-corrected chi connectivity index (χ1v) is 11.8. The van der Waals surface area contributed by atoms with Gasteiger partial charge in [0.1, 0.15) is 5.60 Å². The van der Waals surface area contributed by atoms with Crippen molar-refractivity contribution in [3.63, 3.8) is 0 Å². The maximum Gasteiger partial charge on any atom is 0.408 e. The molecule has 0 unspecified atom stereocenters. The van der Waals surface area contributed by atoms with Crippen molar-refractivity contribution >= 4 is 29.6 Å².